The van der Waals surface area contributed by atoms with Gasteiger partial charge < -0.3 is 19.7 Å². The molecule has 1 N–H and O–H groups in total. The highest BCUT2D eigenvalue weighted by molar-refractivity contribution is 5.83. The number of piperidine rings is 1. The molecule has 0 spiro atoms. The number of ether oxygens (including phenoxy) is 2. The maximum atomic E-state index is 12.7. The number of nitrogens with one attached hydrogen (secondary N) is 1. The van der Waals surface area contributed by atoms with Crippen LogP contribution in [0.25, 0.3) is 0 Å². The maximum Gasteiger partial charge on any atom is 0.224 e. The number of hydrogen-bond donors (Lipinski definition) is 1. The summed E-state index contributed by atoms with van der Waals surface area (Å²) in [5.41, 5.74) is 2.01. The second kappa shape index (κ2) is 9.96. The zero-order chi connectivity index (χ0) is 20.6. The molecule has 3 rings (SSSR count). The fourth-order valence-electron chi connectivity index (χ4n) is 3.70. The number of methoxy groups -OCH3 is 2. The summed E-state index contributed by atoms with van der Waals surface area (Å²) >= 11 is 0. The van der Waals surface area contributed by atoms with Crippen LogP contribution in [0.3, 0.4) is 0 Å². The van der Waals surface area contributed by atoms with Crippen molar-refractivity contribution < 1.29 is 19.1 Å². The molecule has 1 saturated heterocycles. The maximum absolute atomic E-state index is 12.7. The van der Waals surface area contributed by atoms with E-state index in [0.29, 0.717) is 38.9 Å². The fourth-order valence-corrected chi connectivity index (χ4v) is 3.70. The Hall–Kier alpha value is -3.02. The third kappa shape index (κ3) is 5.28. The molecule has 0 radical (unpaired) electrons. The Labute approximate surface area is 171 Å². The van der Waals surface area contributed by atoms with Gasteiger partial charge in [-0.1, -0.05) is 36.4 Å². The predicted molar refractivity (Wildman–Crippen MR) is 111 cm³/mol. The van der Waals surface area contributed by atoms with Crippen LogP contribution in [0, 0.1) is 5.92 Å². The van der Waals surface area contributed by atoms with Gasteiger partial charge in [0.25, 0.3) is 0 Å². The first-order valence-corrected chi connectivity index (χ1v) is 9.91. The van der Waals surface area contributed by atoms with E-state index in [9.17, 15) is 9.59 Å². The molecule has 2 aromatic carbocycles. The van der Waals surface area contributed by atoms with E-state index in [0.717, 1.165) is 22.6 Å². The lowest BCUT2D eigenvalue weighted by atomic mass is 9.96. The van der Waals surface area contributed by atoms with E-state index < -0.39 is 0 Å². The third-order valence-electron chi connectivity index (χ3n) is 5.31. The molecule has 1 aliphatic heterocycles. The van der Waals surface area contributed by atoms with Crippen molar-refractivity contribution in [1.82, 2.24) is 10.2 Å². The quantitative estimate of drug-likeness (QED) is 0.745. The van der Waals surface area contributed by atoms with E-state index in [4.69, 9.17) is 9.47 Å². The number of hydrogen-bond acceptors (Lipinski definition) is 4. The van der Waals surface area contributed by atoms with E-state index in [1.54, 1.807) is 19.1 Å². The first kappa shape index (κ1) is 20.7. The van der Waals surface area contributed by atoms with E-state index >= 15 is 0 Å². The van der Waals surface area contributed by atoms with Crippen molar-refractivity contribution in [2.24, 2.45) is 5.92 Å². The minimum Gasteiger partial charge on any atom is -0.496 e. The van der Waals surface area contributed by atoms with E-state index in [1.165, 1.54) is 0 Å². The molecule has 0 aliphatic carbocycles. The highest BCUT2D eigenvalue weighted by atomic mass is 16.5. The molecule has 2 aromatic rings. The average Bonchev–Trinajstić information content (AvgIpc) is 2.75. The second-order valence-corrected chi connectivity index (χ2v) is 7.17. The topological polar surface area (TPSA) is 67.9 Å². The van der Waals surface area contributed by atoms with Gasteiger partial charge in [-0.2, -0.15) is 0 Å². The van der Waals surface area contributed by atoms with Gasteiger partial charge in [-0.3, -0.25) is 9.59 Å². The Morgan fingerprint density at radius 1 is 1.03 bits per heavy atom. The smallest absolute Gasteiger partial charge is 0.224 e. The van der Waals surface area contributed by atoms with Crippen LogP contribution in [0.2, 0.25) is 0 Å². The van der Waals surface area contributed by atoms with Crippen molar-refractivity contribution >= 4 is 11.8 Å². The summed E-state index contributed by atoms with van der Waals surface area (Å²) in [6.45, 7) is 1.42. The summed E-state index contributed by atoms with van der Waals surface area (Å²) in [6, 6.07) is 15.5. The average molecular weight is 396 g/mol. The zero-order valence-corrected chi connectivity index (χ0v) is 17.0. The number of rotatable bonds is 8. The summed E-state index contributed by atoms with van der Waals surface area (Å²) < 4.78 is 10.7. The molecule has 0 bridgehead atoms. The number of carbonyl (C=O) groups excluding carboxylic acids is 2. The first-order chi connectivity index (χ1) is 14.1. The fraction of sp³-hybridized carbons (Fsp3) is 0.391. The van der Waals surface area contributed by atoms with Gasteiger partial charge in [0.15, 0.2) is 0 Å². The van der Waals surface area contributed by atoms with Crippen LogP contribution in [0.5, 0.6) is 11.5 Å². The first-order valence-electron chi connectivity index (χ1n) is 9.91. The van der Waals surface area contributed by atoms with Crippen molar-refractivity contribution in [3.05, 3.63) is 59.7 Å². The molecular weight excluding hydrogens is 368 g/mol. The minimum atomic E-state index is -0.194. The Morgan fingerprint density at radius 3 is 2.34 bits per heavy atom. The lowest BCUT2D eigenvalue weighted by Crippen LogP contribution is -2.45. The van der Waals surface area contributed by atoms with Gasteiger partial charge in [0.05, 0.1) is 20.1 Å². The summed E-state index contributed by atoms with van der Waals surface area (Å²) in [5.74, 6) is 1.46. The number of para-hydroxylation sites is 2. The molecule has 0 aromatic heterocycles. The highest BCUT2D eigenvalue weighted by Crippen LogP contribution is 2.24. The van der Waals surface area contributed by atoms with Crippen molar-refractivity contribution in [3.63, 3.8) is 0 Å². The SMILES string of the molecule is COc1ccccc1CCNC(=O)[C@H]1CCC(=O)N(Cc2ccccc2OC)C1. The van der Waals surface area contributed by atoms with Gasteiger partial charge in [0.1, 0.15) is 11.5 Å². The lowest BCUT2D eigenvalue weighted by Gasteiger charge is -2.32. The third-order valence-corrected chi connectivity index (χ3v) is 5.31. The predicted octanol–water partition coefficient (Wildman–Crippen LogP) is 2.80. The van der Waals surface area contributed by atoms with Crippen molar-refractivity contribution in [2.75, 3.05) is 27.3 Å². The highest BCUT2D eigenvalue weighted by Gasteiger charge is 2.30. The van der Waals surface area contributed by atoms with Crippen LogP contribution < -0.4 is 14.8 Å². The molecular formula is C23H28N2O4. The number of amides is 2. The van der Waals surface area contributed by atoms with Crippen LogP contribution in [0.1, 0.15) is 24.0 Å². The molecule has 6 heteroatoms. The van der Waals surface area contributed by atoms with E-state index in [-0.39, 0.29) is 17.7 Å². The van der Waals surface area contributed by atoms with Gasteiger partial charge in [-0.05, 0) is 30.5 Å². The molecule has 29 heavy (non-hydrogen) atoms. The van der Waals surface area contributed by atoms with E-state index in [1.807, 2.05) is 48.5 Å². The molecule has 0 saturated carbocycles. The van der Waals surface area contributed by atoms with Gasteiger partial charge in [-0.15, -0.1) is 0 Å². The normalized spacial score (nSPS) is 16.4. The number of likely N-dealkylation sites (tertiary alicyclic amines) is 1. The van der Waals surface area contributed by atoms with Crippen LogP contribution in [0.15, 0.2) is 48.5 Å². The zero-order valence-electron chi connectivity index (χ0n) is 17.0. The standard InChI is InChI=1S/C23H28N2O4/c1-28-20-9-5-3-7-17(20)13-14-24-23(27)19-11-12-22(26)25(16-19)15-18-8-4-6-10-21(18)29-2/h3-10,19H,11-16H2,1-2H3,(H,24,27)/t19-/m0/s1. The molecule has 0 unspecified atom stereocenters. The van der Waals surface area contributed by atoms with Gasteiger partial charge in [0.2, 0.25) is 11.8 Å². The monoisotopic (exact) mass is 396 g/mol. The Morgan fingerprint density at radius 2 is 1.66 bits per heavy atom. The summed E-state index contributed by atoms with van der Waals surface area (Å²) in [7, 11) is 3.27. The Bertz CT molecular complexity index is 852. The largest absolute Gasteiger partial charge is 0.496 e. The van der Waals surface area contributed by atoms with Gasteiger partial charge in [-0.25, -0.2) is 0 Å². The molecule has 6 nitrogen and oxygen atoms in total. The summed E-state index contributed by atoms with van der Waals surface area (Å²) in [6.07, 6.45) is 1.67. The molecule has 1 fully saturated rings. The minimum absolute atomic E-state index is 0.00238. The number of benzene rings is 2. The Kier molecular flexibility index (Phi) is 7.11. The number of carbonyl (C=O) groups is 2. The van der Waals surface area contributed by atoms with Gasteiger partial charge in [0, 0.05) is 31.6 Å². The summed E-state index contributed by atoms with van der Waals surface area (Å²) in [5, 5.41) is 3.02. The molecule has 1 atom stereocenters. The molecule has 1 aliphatic rings. The van der Waals surface area contributed by atoms with Crippen molar-refractivity contribution in [1.29, 1.82) is 0 Å². The number of nitrogens with zero attached hydrogens (tertiary/aromatic N) is 1. The van der Waals surface area contributed by atoms with Crippen LogP contribution in [-0.2, 0) is 22.6 Å². The molecule has 154 valence electrons. The second-order valence-electron chi connectivity index (χ2n) is 7.17. The van der Waals surface area contributed by atoms with Crippen LogP contribution in [-0.4, -0.2) is 44.0 Å². The van der Waals surface area contributed by atoms with Gasteiger partial charge >= 0.3 is 0 Å². The van der Waals surface area contributed by atoms with Crippen LogP contribution in [0.4, 0.5) is 0 Å². The molecule has 1 heterocycles. The summed E-state index contributed by atoms with van der Waals surface area (Å²) in [4.78, 5) is 26.8. The lowest BCUT2D eigenvalue weighted by molar-refractivity contribution is -0.138. The van der Waals surface area contributed by atoms with Crippen molar-refractivity contribution in [3.8, 4) is 11.5 Å². The van der Waals surface area contributed by atoms with Crippen molar-refractivity contribution in [2.45, 2.75) is 25.8 Å². The molecule has 2 amide bonds. The van der Waals surface area contributed by atoms with Crippen LogP contribution >= 0.6 is 0 Å². The Balaban J connectivity index is 1.55. The van der Waals surface area contributed by atoms with E-state index in [2.05, 4.69) is 5.32 Å².